The molecule has 0 atom stereocenters. The van der Waals surface area contributed by atoms with E-state index in [9.17, 15) is 0 Å². The van der Waals surface area contributed by atoms with Crippen molar-refractivity contribution in [1.29, 1.82) is 0 Å². The molecule has 0 spiro atoms. The van der Waals surface area contributed by atoms with Gasteiger partial charge in [0.15, 0.2) is 0 Å². The highest BCUT2D eigenvalue weighted by Crippen LogP contribution is 2.46. The van der Waals surface area contributed by atoms with Crippen molar-refractivity contribution in [1.82, 2.24) is 4.57 Å². The summed E-state index contributed by atoms with van der Waals surface area (Å²) in [6, 6.07) is 66.7. The van der Waals surface area contributed by atoms with Crippen LogP contribution in [0.5, 0.6) is 0 Å². The molecule has 4 heteroatoms. The highest BCUT2D eigenvalue weighted by molar-refractivity contribution is 7.26. The quantitative estimate of drug-likeness (QED) is 0.174. The van der Waals surface area contributed by atoms with Crippen LogP contribution in [-0.4, -0.2) is 4.57 Å². The zero-order valence-corrected chi connectivity index (χ0v) is 29.7. The van der Waals surface area contributed by atoms with Crippen LogP contribution in [0.1, 0.15) is 0 Å². The molecule has 0 radical (unpaired) electrons. The third-order valence-electron chi connectivity index (χ3n) is 10.4. The third kappa shape index (κ3) is 4.55. The van der Waals surface area contributed by atoms with Crippen molar-refractivity contribution < 1.29 is 0 Å². The molecular formula is C48H30N2S2. The lowest BCUT2D eigenvalue weighted by Gasteiger charge is -2.27. The Morgan fingerprint density at radius 2 is 0.981 bits per heavy atom. The van der Waals surface area contributed by atoms with E-state index in [2.05, 4.69) is 191 Å². The van der Waals surface area contributed by atoms with Gasteiger partial charge in [-0.05, 0) is 96.1 Å². The van der Waals surface area contributed by atoms with Gasteiger partial charge in [-0.3, -0.25) is 0 Å². The fraction of sp³-hybridized carbons (Fsp3) is 0. The summed E-state index contributed by atoms with van der Waals surface area (Å²) in [5.41, 5.74) is 9.49. The number of para-hydroxylation sites is 2. The Morgan fingerprint density at radius 3 is 1.83 bits per heavy atom. The van der Waals surface area contributed by atoms with Crippen LogP contribution in [0.3, 0.4) is 0 Å². The smallest absolute Gasteiger partial charge is 0.0554 e. The summed E-state index contributed by atoms with van der Waals surface area (Å²) in [6.07, 6.45) is 0. The number of fused-ring (bicyclic) bond motifs is 9. The molecule has 0 unspecified atom stereocenters. The second-order valence-corrected chi connectivity index (χ2v) is 15.5. The Bertz CT molecular complexity index is 3130. The van der Waals surface area contributed by atoms with Crippen LogP contribution in [0.15, 0.2) is 182 Å². The molecule has 0 saturated heterocycles. The molecule has 0 aliphatic heterocycles. The Morgan fingerprint density at radius 1 is 0.365 bits per heavy atom. The maximum atomic E-state index is 2.45. The number of aromatic nitrogens is 1. The molecule has 0 amide bonds. The van der Waals surface area contributed by atoms with Crippen LogP contribution in [0, 0.1) is 0 Å². The summed E-state index contributed by atoms with van der Waals surface area (Å²) in [5, 5.41) is 7.72. The van der Waals surface area contributed by atoms with Crippen molar-refractivity contribution in [3.63, 3.8) is 0 Å². The van der Waals surface area contributed by atoms with Crippen LogP contribution >= 0.6 is 22.7 Å². The zero-order valence-electron chi connectivity index (χ0n) is 28.0. The molecule has 3 aromatic heterocycles. The monoisotopic (exact) mass is 698 g/mol. The average Bonchev–Trinajstić information content (AvgIpc) is 3.88. The zero-order chi connectivity index (χ0) is 34.2. The molecule has 0 N–H and O–H groups in total. The van der Waals surface area contributed by atoms with Crippen molar-refractivity contribution in [3.05, 3.63) is 182 Å². The van der Waals surface area contributed by atoms with Gasteiger partial charge in [-0.2, -0.15) is 0 Å². The Hall–Kier alpha value is -6.20. The number of hydrogen-bond donors (Lipinski definition) is 0. The number of nitrogens with zero attached hydrogens (tertiary/aromatic N) is 2. The van der Waals surface area contributed by atoms with Crippen molar-refractivity contribution in [2.24, 2.45) is 0 Å². The molecule has 0 aliphatic carbocycles. The van der Waals surface area contributed by atoms with E-state index in [0.29, 0.717) is 0 Å². The summed E-state index contributed by atoms with van der Waals surface area (Å²) in [5.74, 6) is 0. The van der Waals surface area contributed by atoms with Crippen LogP contribution in [0.25, 0.3) is 79.0 Å². The second-order valence-electron chi connectivity index (χ2n) is 13.3. The van der Waals surface area contributed by atoms with Gasteiger partial charge in [-0.15, -0.1) is 22.7 Å². The van der Waals surface area contributed by atoms with E-state index in [0.717, 1.165) is 11.4 Å². The van der Waals surface area contributed by atoms with E-state index in [1.165, 1.54) is 84.7 Å². The van der Waals surface area contributed by atoms with Crippen LogP contribution in [-0.2, 0) is 0 Å². The lowest BCUT2D eigenvalue weighted by molar-refractivity contribution is 1.18. The van der Waals surface area contributed by atoms with Gasteiger partial charge < -0.3 is 9.47 Å². The minimum atomic E-state index is 1.13. The molecule has 11 rings (SSSR count). The first-order chi connectivity index (χ1) is 25.8. The molecular weight excluding hydrogens is 669 g/mol. The van der Waals surface area contributed by atoms with Crippen LogP contribution in [0.2, 0.25) is 0 Å². The van der Waals surface area contributed by atoms with Crippen molar-refractivity contribution in [3.8, 4) is 16.8 Å². The molecule has 52 heavy (non-hydrogen) atoms. The molecule has 2 nitrogen and oxygen atoms in total. The predicted molar refractivity (Wildman–Crippen MR) is 227 cm³/mol. The Labute approximate surface area is 308 Å². The van der Waals surface area contributed by atoms with E-state index in [1.807, 2.05) is 22.7 Å². The Kier molecular flexibility index (Phi) is 6.63. The van der Waals surface area contributed by atoms with Gasteiger partial charge >= 0.3 is 0 Å². The van der Waals surface area contributed by atoms with Crippen molar-refractivity contribution >= 4 is 102 Å². The van der Waals surface area contributed by atoms with Crippen molar-refractivity contribution in [2.75, 3.05) is 4.90 Å². The van der Waals surface area contributed by atoms with Gasteiger partial charge in [-0.25, -0.2) is 0 Å². The summed E-state index contributed by atoms with van der Waals surface area (Å²) in [7, 11) is 0. The highest BCUT2D eigenvalue weighted by atomic mass is 32.1. The van der Waals surface area contributed by atoms with Gasteiger partial charge in [0, 0.05) is 68.2 Å². The SMILES string of the molecule is c1ccc(-n2c3ccccc3c3cc(-c4ccc(N(c5ccc6sc7ccccc7c6c5)c5cccc6sc7ccccc7c56)cc4)ccc32)cc1. The topological polar surface area (TPSA) is 8.17 Å². The first-order valence-corrected chi connectivity index (χ1v) is 19.2. The number of benzene rings is 8. The average molecular weight is 699 g/mol. The lowest BCUT2D eigenvalue weighted by Crippen LogP contribution is -2.10. The number of rotatable bonds is 5. The second kappa shape index (κ2) is 11.7. The number of thiophene rings is 2. The largest absolute Gasteiger partial charge is 0.310 e. The van der Waals surface area contributed by atoms with E-state index < -0.39 is 0 Å². The maximum absolute atomic E-state index is 2.45. The molecule has 11 aromatic rings. The maximum Gasteiger partial charge on any atom is 0.0554 e. The molecule has 244 valence electrons. The highest BCUT2D eigenvalue weighted by Gasteiger charge is 2.20. The normalized spacial score (nSPS) is 11.8. The van der Waals surface area contributed by atoms with Crippen LogP contribution < -0.4 is 4.90 Å². The third-order valence-corrected chi connectivity index (χ3v) is 12.7. The summed E-state index contributed by atoms with van der Waals surface area (Å²) in [6.45, 7) is 0. The fourth-order valence-electron chi connectivity index (χ4n) is 8.03. The lowest BCUT2D eigenvalue weighted by atomic mass is 10.0. The molecule has 8 aromatic carbocycles. The van der Waals surface area contributed by atoms with Gasteiger partial charge in [0.25, 0.3) is 0 Å². The molecule has 3 heterocycles. The minimum Gasteiger partial charge on any atom is -0.310 e. The standard InChI is InChI=1S/C48H30N2S2/c1-2-11-33(12-3-1)50-41-16-7-4-13-36(41)39-29-32(23-27-42(39)50)31-21-24-34(25-22-31)49(35-26-28-46-40(30-35)37-14-5-8-18-44(37)51-46)43-17-10-20-47-48(43)38-15-6-9-19-45(38)52-47/h1-30H. The minimum absolute atomic E-state index is 1.13. The van der Waals surface area contributed by atoms with E-state index >= 15 is 0 Å². The number of anilines is 3. The molecule has 0 bridgehead atoms. The van der Waals surface area contributed by atoms with Gasteiger partial charge in [-0.1, -0.05) is 97.1 Å². The van der Waals surface area contributed by atoms with E-state index in [4.69, 9.17) is 0 Å². The molecule has 0 fully saturated rings. The fourth-order valence-corrected chi connectivity index (χ4v) is 10.2. The van der Waals surface area contributed by atoms with E-state index in [-0.39, 0.29) is 0 Å². The van der Waals surface area contributed by atoms with Crippen LogP contribution in [0.4, 0.5) is 17.1 Å². The Balaban J connectivity index is 1.08. The molecule has 0 saturated carbocycles. The van der Waals surface area contributed by atoms with E-state index in [1.54, 1.807) is 0 Å². The summed E-state index contributed by atoms with van der Waals surface area (Å²) in [4.78, 5) is 2.45. The predicted octanol–water partition coefficient (Wildman–Crippen LogP) is 14.7. The van der Waals surface area contributed by atoms with Gasteiger partial charge in [0.2, 0.25) is 0 Å². The first kappa shape index (κ1) is 29.5. The first-order valence-electron chi connectivity index (χ1n) is 17.6. The van der Waals surface area contributed by atoms with Gasteiger partial charge in [0.05, 0.1) is 16.7 Å². The van der Waals surface area contributed by atoms with Crippen molar-refractivity contribution in [2.45, 2.75) is 0 Å². The number of hydrogen-bond acceptors (Lipinski definition) is 3. The van der Waals surface area contributed by atoms with Gasteiger partial charge in [0.1, 0.15) is 0 Å². The molecule has 0 aliphatic rings. The summed E-state index contributed by atoms with van der Waals surface area (Å²) >= 11 is 3.73. The summed E-state index contributed by atoms with van der Waals surface area (Å²) < 4.78 is 7.61.